The molecule has 0 amide bonds. The number of nitrogens with zero attached hydrogens (tertiary/aromatic N) is 3. The third kappa shape index (κ3) is 5.35. The van der Waals surface area contributed by atoms with Crippen LogP contribution in [-0.2, 0) is 14.3 Å². The van der Waals surface area contributed by atoms with Gasteiger partial charge in [0.05, 0.1) is 18.6 Å². The standard InChI is InChI=1S/C14H20N4OS.C2H2O4/c1-10-11(2)20-14-12(10)13(16-9-17-14)15-3-4-18-5-7-19-8-6-18;3-1(4)2(5)6/h9H,3-8H2,1-2H3,(H,15,16,17);(H,3,4)(H,5,6). The van der Waals surface area contributed by atoms with Crippen LogP contribution in [-0.4, -0.2) is 76.4 Å². The third-order valence-corrected chi connectivity index (χ3v) is 5.09. The second-order valence-corrected chi connectivity index (χ2v) is 6.88. The molecule has 3 heterocycles. The topological polar surface area (TPSA) is 125 Å². The molecule has 0 aromatic carbocycles. The first-order valence-corrected chi connectivity index (χ1v) is 8.92. The fourth-order valence-corrected chi connectivity index (χ4v) is 3.47. The van der Waals surface area contributed by atoms with Crippen LogP contribution in [0.5, 0.6) is 0 Å². The zero-order chi connectivity index (χ0) is 19.1. The number of hydrogen-bond donors (Lipinski definition) is 3. The van der Waals surface area contributed by atoms with Gasteiger partial charge in [0, 0.05) is 31.1 Å². The van der Waals surface area contributed by atoms with Gasteiger partial charge in [-0.2, -0.15) is 0 Å². The highest BCUT2D eigenvalue weighted by Gasteiger charge is 2.13. The summed E-state index contributed by atoms with van der Waals surface area (Å²) in [5, 5.41) is 19.4. The number of thiophene rings is 1. The van der Waals surface area contributed by atoms with Crippen molar-refractivity contribution in [2.45, 2.75) is 13.8 Å². The number of morpholine rings is 1. The predicted molar refractivity (Wildman–Crippen MR) is 97.9 cm³/mol. The lowest BCUT2D eigenvalue weighted by molar-refractivity contribution is -0.159. The van der Waals surface area contributed by atoms with Crippen molar-refractivity contribution in [3.63, 3.8) is 0 Å². The number of rotatable bonds is 4. The molecule has 0 atom stereocenters. The van der Waals surface area contributed by atoms with E-state index in [0.717, 1.165) is 50.0 Å². The van der Waals surface area contributed by atoms with E-state index < -0.39 is 11.9 Å². The van der Waals surface area contributed by atoms with Crippen molar-refractivity contribution in [2.75, 3.05) is 44.7 Å². The Bertz CT molecular complexity index is 761. The Kier molecular flexibility index (Phi) is 7.25. The second kappa shape index (κ2) is 9.41. The van der Waals surface area contributed by atoms with Gasteiger partial charge in [-0.25, -0.2) is 19.6 Å². The lowest BCUT2D eigenvalue weighted by Crippen LogP contribution is -2.39. The third-order valence-electron chi connectivity index (χ3n) is 3.97. The van der Waals surface area contributed by atoms with E-state index in [4.69, 9.17) is 24.5 Å². The molecule has 2 aromatic rings. The molecule has 0 spiro atoms. The Morgan fingerprint density at radius 2 is 1.88 bits per heavy atom. The fourth-order valence-electron chi connectivity index (χ4n) is 2.47. The Morgan fingerprint density at radius 1 is 1.23 bits per heavy atom. The number of hydrogen-bond acceptors (Lipinski definition) is 8. The number of nitrogens with one attached hydrogen (secondary N) is 1. The number of ether oxygens (including phenoxy) is 1. The lowest BCUT2D eigenvalue weighted by atomic mass is 10.2. The summed E-state index contributed by atoms with van der Waals surface area (Å²) in [6.45, 7) is 9.96. The van der Waals surface area contributed by atoms with Gasteiger partial charge >= 0.3 is 11.9 Å². The SMILES string of the molecule is Cc1sc2ncnc(NCCN3CCOCC3)c2c1C.O=C(O)C(=O)O. The number of aliphatic carboxylic acids is 2. The Morgan fingerprint density at radius 3 is 2.50 bits per heavy atom. The molecular formula is C16H22N4O5S. The highest BCUT2D eigenvalue weighted by molar-refractivity contribution is 7.18. The number of carboxylic acids is 2. The number of aromatic nitrogens is 2. The lowest BCUT2D eigenvalue weighted by Gasteiger charge is -2.26. The molecule has 1 aliphatic heterocycles. The first kappa shape index (κ1) is 20.0. The number of carbonyl (C=O) groups is 2. The molecule has 0 radical (unpaired) electrons. The average Bonchev–Trinajstić information content (AvgIpc) is 2.91. The normalized spacial score (nSPS) is 14.5. The number of anilines is 1. The van der Waals surface area contributed by atoms with Crippen LogP contribution < -0.4 is 5.32 Å². The monoisotopic (exact) mass is 382 g/mol. The van der Waals surface area contributed by atoms with Crippen molar-refractivity contribution in [2.24, 2.45) is 0 Å². The van der Waals surface area contributed by atoms with E-state index in [0.29, 0.717) is 0 Å². The molecule has 2 aromatic heterocycles. The summed E-state index contributed by atoms with van der Waals surface area (Å²) in [5.41, 5.74) is 1.29. The van der Waals surface area contributed by atoms with Crippen LogP contribution in [0.25, 0.3) is 10.2 Å². The van der Waals surface area contributed by atoms with Gasteiger partial charge in [-0.15, -0.1) is 11.3 Å². The molecule has 1 saturated heterocycles. The van der Waals surface area contributed by atoms with E-state index in [1.54, 1.807) is 17.7 Å². The molecule has 10 heteroatoms. The van der Waals surface area contributed by atoms with Crippen molar-refractivity contribution < 1.29 is 24.5 Å². The molecule has 0 saturated carbocycles. The molecule has 142 valence electrons. The molecular weight excluding hydrogens is 360 g/mol. The highest BCUT2D eigenvalue weighted by atomic mass is 32.1. The molecule has 1 fully saturated rings. The predicted octanol–water partition coefficient (Wildman–Crippen LogP) is 1.21. The maximum atomic E-state index is 9.10. The van der Waals surface area contributed by atoms with Gasteiger partial charge in [-0.1, -0.05) is 0 Å². The van der Waals surface area contributed by atoms with Crippen LogP contribution >= 0.6 is 11.3 Å². The molecule has 0 aliphatic carbocycles. The highest BCUT2D eigenvalue weighted by Crippen LogP contribution is 2.32. The Balaban J connectivity index is 0.000000352. The van der Waals surface area contributed by atoms with Gasteiger partial charge in [0.2, 0.25) is 0 Å². The number of fused-ring (bicyclic) bond motifs is 1. The molecule has 26 heavy (non-hydrogen) atoms. The summed E-state index contributed by atoms with van der Waals surface area (Å²) < 4.78 is 5.36. The van der Waals surface area contributed by atoms with Crippen LogP contribution in [0.2, 0.25) is 0 Å². The van der Waals surface area contributed by atoms with E-state index in [1.807, 2.05) is 0 Å². The van der Waals surface area contributed by atoms with Crippen LogP contribution in [0, 0.1) is 13.8 Å². The smallest absolute Gasteiger partial charge is 0.414 e. The van der Waals surface area contributed by atoms with Gasteiger partial charge in [-0.3, -0.25) is 4.90 Å². The first-order valence-electron chi connectivity index (χ1n) is 8.11. The zero-order valence-electron chi connectivity index (χ0n) is 14.7. The maximum Gasteiger partial charge on any atom is 0.414 e. The van der Waals surface area contributed by atoms with Crippen LogP contribution in [0.1, 0.15) is 10.4 Å². The van der Waals surface area contributed by atoms with Gasteiger partial charge < -0.3 is 20.3 Å². The van der Waals surface area contributed by atoms with Crippen molar-refractivity contribution in [3.8, 4) is 0 Å². The summed E-state index contributed by atoms with van der Waals surface area (Å²) in [6.07, 6.45) is 1.65. The summed E-state index contributed by atoms with van der Waals surface area (Å²) in [5.74, 6) is -2.69. The number of carboxylic acid groups (broad SMARTS) is 2. The quantitative estimate of drug-likeness (QED) is 0.669. The van der Waals surface area contributed by atoms with Crippen LogP contribution in [0.4, 0.5) is 5.82 Å². The molecule has 3 N–H and O–H groups in total. The molecule has 0 bridgehead atoms. The van der Waals surface area contributed by atoms with E-state index in [9.17, 15) is 0 Å². The van der Waals surface area contributed by atoms with E-state index >= 15 is 0 Å². The van der Waals surface area contributed by atoms with Crippen molar-refractivity contribution in [1.82, 2.24) is 14.9 Å². The van der Waals surface area contributed by atoms with Crippen molar-refractivity contribution in [1.29, 1.82) is 0 Å². The average molecular weight is 382 g/mol. The minimum Gasteiger partial charge on any atom is -0.473 e. The van der Waals surface area contributed by atoms with Gasteiger partial charge in [-0.05, 0) is 19.4 Å². The largest absolute Gasteiger partial charge is 0.473 e. The molecule has 0 unspecified atom stereocenters. The summed E-state index contributed by atoms with van der Waals surface area (Å²) in [4.78, 5) is 31.8. The molecule has 3 rings (SSSR count). The molecule has 9 nitrogen and oxygen atoms in total. The second-order valence-electron chi connectivity index (χ2n) is 5.68. The van der Waals surface area contributed by atoms with Crippen LogP contribution in [0.3, 0.4) is 0 Å². The molecule has 1 aliphatic rings. The summed E-state index contributed by atoms with van der Waals surface area (Å²) >= 11 is 1.74. The van der Waals surface area contributed by atoms with E-state index in [-0.39, 0.29) is 0 Å². The summed E-state index contributed by atoms with van der Waals surface area (Å²) in [6, 6.07) is 0. The van der Waals surface area contributed by atoms with Crippen LogP contribution in [0.15, 0.2) is 6.33 Å². The van der Waals surface area contributed by atoms with Gasteiger partial charge in [0.1, 0.15) is 17.0 Å². The van der Waals surface area contributed by atoms with Crippen molar-refractivity contribution in [3.05, 3.63) is 16.8 Å². The Labute approximate surface area is 154 Å². The maximum absolute atomic E-state index is 9.10. The van der Waals surface area contributed by atoms with Gasteiger partial charge in [0.15, 0.2) is 0 Å². The van der Waals surface area contributed by atoms with Gasteiger partial charge in [0.25, 0.3) is 0 Å². The van der Waals surface area contributed by atoms with Crippen molar-refractivity contribution >= 4 is 39.3 Å². The number of aryl methyl sites for hydroxylation is 2. The van der Waals surface area contributed by atoms with E-state index in [2.05, 4.69) is 34.0 Å². The zero-order valence-corrected chi connectivity index (χ0v) is 15.5. The minimum absolute atomic E-state index is 0.848. The summed E-state index contributed by atoms with van der Waals surface area (Å²) in [7, 11) is 0. The minimum atomic E-state index is -1.82. The fraction of sp³-hybridized carbons (Fsp3) is 0.500. The van der Waals surface area contributed by atoms with E-state index in [1.165, 1.54) is 15.8 Å². The first-order chi connectivity index (χ1) is 12.4. The Hall–Kier alpha value is -2.30.